The van der Waals surface area contributed by atoms with E-state index in [4.69, 9.17) is 9.47 Å². The van der Waals surface area contributed by atoms with Crippen LogP contribution in [0.25, 0.3) is 0 Å². The number of likely N-dealkylation sites (tertiary alicyclic amines) is 1. The van der Waals surface area contributed by atoms with Crippen LogP contribution in [-0.4, -0.2) is 48.2 Å². The minimum Gasteiger partial charge on any atom is -0.381 e. The Labute approximate surface area is 131 Å². The van der Waals surface area contributed by atoms with E-state index in [1.807, 2.05) is 23.1 Å². The van der Waals surface area contributed by atoms with E-state index in [2.05, 4.69) is 4.98 Å². The molecule has 2 fully saturated rings. The molecule has 0 aromatic carbocycles. The first kappa shape index (κ1) is 15.4. The molecule has 120 valence electrons. The number of aromatic nitrogens is 1. The fourth-order valence-corrected chi connectivity index (χ4v) is 3.08. The largest absolute Gasteiger partial charge is 0.381 e. The van der Waals surface area contributed by atoms with Crippen LogP contribution < -0.4 is 0 Å². The predicted octanol–water partition coefficient (Wildman–Crippen LogP) is 2.02. The highest BCUT2D eigenvalue weighted by molar-refractivity contribution is 5.76. The minimum atomic E-state index is 0.237. The van der Waals surface area contributed by atoms with Crippen LogP contribution in [-0.2, 0) is 20.9 Å². The first-order valence-corrected chi connectivity index (χ1v) is 8.18. The second-order valence-corrected chi connectivity index (χ2v) is 6.15. The van der Waals surface area contributed by atoms with Gasteiger partial charge in [-0.2, -0.15) is 0 Å². The zero-order valence-corrected chi connectivity index (χ0v) is 12.9. The molecule has 2 aliphatic heterocycles. The van der Waals surface area contributed by atoms with Crippen molar-refractivity contribution in [3.8, 4) is 0 Å². The third-order valence-corrected chi connectivity index (χ3v) is 4.48. The lowest BCUT2D eigenvalue weighted by Crippen LogP contribution is -2.41. The third-order valence-electron chi connectivity index (χ3n) is 4.48. The van der Waals surface area contributed by atoms with E-state index in [0.29, 0.717) is 18.9 Å². The second kappa shape index (κ2) is 7.70. The fourth-order valence-electron chi connectivity index (χ4n) is 3.08. The molecular formula is C17H24N2O3. The summed E-state index contributed by atoms with van der Waals surface area (Å²) in [6, 6.07) is 5.85. The molecule has 22 heavy (non-hydrogen) atoms. The maximum Gasteiger partial charge on any atom is 0.222 e. The Morgan fingerprint density at radius 1 is 1.32 bits per heavy atom. The monoisotopic (exact) mass is 304 g/mol. The standard InChI is InChI=1S/C17H24N2O3/c20-17(11-14-6-10-21-12-14)19-8-4-16(5-9-19)22-13-15-3-1-2-7-18-15/h1-3,7,14,16H,4-6,8-13H2/t14-/m1/s1. The zero-order chi connectivity index (χ0) is 15.2. The molecule has 3 rings (SSSR count). The van der Waals surface area contributed by atoms with E-state index in [9.17, 15) is 4.79 Å². The molecule has 1 aromatic heterocycles. The number of pyridine rings is 1. The van der Waals surface area contributed by atoms with Crippen molar-refractivity contribution < 1.29 is 14.3 Å². The number of carbonyl (C=O) groups excluding carboxylic acids is 1. The van der Waals surface area contributed by atoms with Crippen molar-refractivity contribution in [1.82, 2.24) is 9.88 Å². The van der Waals surface area contributed by atoms with Gasteiger partial charge < -0.3 is 14.4 Å². The number of amides is 1. The molecule has 0 spiro atoms. The Morgan fingerprint density at radius 2 is 2.18 bits per heavy atom. The van der Waals surface area contributed by atoms with Crippen LogP contribution in [0.4, 0.5) is 0 Å². The highest BCUT2D eigenvalue weighted by atomic mass is 16.5. The lowest BCUT2D eigenvalue weighted by molar-refractivity contribution is -0.135. The quantitative estimate of drug-likeness (QED) is 0.835. The lowest BCUT2D eigenvalue weighted by atomic mass is 10.0. The number of hydrogen-bond donors (Lipinski definition) is 0. The number of rotatable bonds is 5. The van der Waals surface area contributed by atoms with Crippen LogP contribution >= 0.6 is 0 Å². The minimum absolute atomic E-state index is 0.237. The molecule has 5 nitrogen and oxygen atoms in total. The summed E-state index contributed by atoms with van der Waals surface area (Å²) < 4.78 is 11.2. The number of ether oxygens (including phenoxy) is 2. The van der Waals surface area contributed by atoms with Gasteiger partial charge >= 0.3 is 0 Å². The number of piperidine rings is 1. The van der Waals surface area contributed by atoms with Crippen molar-refractivity contribution in [3.63, 3.8) is 0 Å². The Kier molecular flexibility index (Phi) is 5.40. The second-order valence-electron chi connectivity index (χ2n) is 6.15. The van der Waals surface area contributed by atoms with E-state index in [1.54, 1.807) is 6.20 Å². The van der Waals surface area contributed by atoms with Crippen molar-refractivity contribution >= 4 is 5.91 Å². The molecule has 3 heterocycles. The van der Waals surface area contributed by atoms with Crippen molar-refractivity contribution in [2.45, 2.75) is 38.4 Å². The Hall–Kier alpha value is -1.46. The van der Waals surface area contributed by atoms with Gasteiger partial charge in [-0.3, -0.25) is 9.78 Å². The third kappa shape index (κ3) is 4.27. The molecule has 5 heteroatoms. The average Bonchev–Trinajstić information content (AvgIpc) is 3.07. The number of nitrogens with zero attached hydrogens (tertiary/aromatic N) is 2. The van der Waals surface area contributed by atoms with Gasteiger partial charge in [0.05, 0.1) is 18.4 Å². The van der Waals surface area contributed by atoms with Crippen molar-refractivity contribution in [2.24, 2.45) is 5.92 Å². The van der Waals surface area contributed by atoms with E-state index >= 15 is 0 Å². The van der Waals surface area contributed by atoms with Crippen LogP contribution in [0.3, 0.4) is 0 Å². The first-order valence-electron chi connectivity index (χ1n) is 8.18. The smallest absolute Gasteiger partial charge is 0.222 e. The summed E-state index contributed by atoms with van der Waals surface area (Å²) in [6.07, 6.45) is 5.52. The van der Waals surface area contributed by atoms with Gasteiger partial charge in [0.2, 0.25) is 5.91 Å². The molecule has 0 radical (unpaired) electrons. The van der Waals surface area contributed by atoms with Crippen LogP contribution in [0.2, 0.25) is 0 Å². The molecule has 1 atom stereocenters. The summed E-state index contributed by atoms with van der Waals surface area (Å²) in [5.74, 6) is 0.698. The zero-order valence-electron chi connectivity index (χ0n) is 12.9. The molecule has 1 amide bonds. The molecule has 1 aromatic rings. The van der Waals surface area contributed by atoms with Gasteiger partial charge in [0.1, 0.15) is 0 Å². The predicted molar refractivity (Wildman–Crippen MR) is 82.2 cm³/mol. The summed E-state index contributed by atoms with van der Waals surface area (Å²) >= 11 is 0. The Balaban J connectivity index is 1.37. The van der Waals surface area contributed by atoms with Crippen molar-refractivity contribution in [2.75, 3.05) is 26.3 Å². The molecule has 0 bridgehead atoms. The molecule has 0 N–H and O–H groups in total. The molecule has 2 aliphatic rings. The lowest BCUT2D eigenvalue weighted by Gasteiger charge is -2.32. The number of hydrogen-bond acceptors (Lipinski definition) is 4. The van der Waals surface area contributed by atoms with Crippen LogP contribution in [0.1, 0.15) is 31.4 Å². The highest BCUT2D eigenvalue weighted by Gasteiger charge is 2.26. The topological polar surface area (TPSA) is 51.7 Å². The van der Waals surface area contributed by atoms with Crippen LogP contribution in [0, 0.1) is 5.92 Å². The first-order chi connectivity index (χ1) is 10.8. The highest BCUT2D eigenvalue weighted by Crippen LogP contribution is 2.20. The van der Waals surface area contributed by atoms with Gasteiger partial charge in [-0.15, -0.1) is 0 Å². The van der Waals surface area contributed by atoms with Crippen molar-refractivity contribution in [1.29, 1.82) is 0 Å². The van der Waals surface area contributed by atoms with E-state index in [1.165, 1.54) is 0 Å². The summed E-state index contributed by atoms with van der Waals surface area (Å²) in [5, 5.41) is 0. The normalized spacial score (nSPS) is 22.9. The molecule has 0 saturated carbocycles. The summed E-state index contributed by atoms with van der Waals surface area (Å²) in [5.41, 5.74) is 0.960. The average molecular weight is 304 g/mol. The van der Waals surface area contributed by atoms with Gasteiger partial charge in [0.25, 0.3) is 0 Å². The van der Waals surface area contributed by atoms with Gasteiger partial charge in [0.15, 0.2) is 0 Å². The van der Waals surface area contributed by atoms with Crippen molar-refractivity contribution in [3.05, 3.63) is 30.1 Å². The van der Waals surface area contributed by atoms with Crippen LogP contribution in [0.5, 0.6) is 0 Å². The molecule has 2 saturated heterocycles. The summed E-state index contributed by atoms with van der Waals surface area (Å²) in [6.45, 7) is 3.72. The fraction of sp³-hybridized carbons (Fsp3) is 0.647. The maximum absolute atomic E-state index is 12.3. The van der Waals surface area contributed by atoms with Gasteiger partial charge in [-0.1, -0.05) is 6.07 Å². The maximum atomic E-state index is 12.3. The Morgan fingerprint density at radius 3 is 2.86 bits per heavy atom. The van der Waals surface area contributed by atoms with Gasteiger partial charge in [-0.25, -0.2) is 0 Å². The molecule has 0 unspecified atom stereocenters. The SMILES string of the molecule is O=C(C[C@H]1CCOC1)N1CCC(OCc2ccccn2)CC1. The number of carbonyl (C=O) groups is 1. The summed E-state index contributed by atoms with van der Waals surface area (Å²) in [4.78, 5) is 18.5. The van der Waals surface area contributed by atoms with E-state index in [-0.39, 0.29) is 12.0 Å². The van der Waals surface area contributed by atoms with Gasteiger partial charge in [-0.05, 0) is 37.3 Å². The van der Waals surface area contributed by atoms with E-state index < -0.39 is 0 Å². The van der Waals surface area contributed by atoms with E-state index in [0.717, 1.165) is 51.3 Å². The Bertz CT molecular complexity index is 466. The molecule has 0 aliphatic carbocycles. The van der Waals surface area contributed by atoms with Crippen LogP contribution in [0.15, 0.2) is 24.4 Å². The van der Waals surface area contributed by atoms with Gasteiger partial charge in [0, 0.05) is 38.9 Å². The molecular weight excluding hydrogens is 280 g/mol. The summed E-state index contributed by atoms with van der Waals surface area (Å²) in [7, 11) is 0.